The van der Waals surface area contributed by atoms with Crippen molar-refractivity contribution in [1.29, 1.82) is 0 Å². The average Bonchev–Trinajstić information content (AvgIpc) is 3.06. The molecule has 0 N–H and O–H groups in total. The quantitative estimate of drug-likeness (QED) is 0.509. The summed E-state index contributed by atoms with van der Waals surface area (Å²) in [5.41, 5.74) is 2.68. The second-order valence-electron chi connectivity index (χ2n) is 6.54. The van der Waals surface area contributed by atoms with E-state index in [0.717, 1.165) is 29.8 Å². The fourth-order valence-electron chi connectivity index (χ4n) is 2.99. The zero-order valence-corrected chi connectivity index (χ0v) is 15.2. The van der Waals surface area contributed by atoms with Gasteiger partial charge in [-0.3, -0.25) is 4.68 Å². The number of carbonyl (C=O) groups is 1. The van der Waals surface area contributed by atoms with E-state index in [-0.39, 0.29) is 12.6 Å². The number of nitrogens with zero attached hydrogens (tertiary/aromatic N) is 3. The van der Waals surface area contributed by atoms with E-state index in [0.29, 0.717) is 18.3 Å². The van der Waals surface area contributed by atoms with Crippen molar-refractivity contribution in [3.8, 4) is 17.0 Å². The van der Waals surface area contributed by atoms with Crippen molar-refractivity contribution < 1.29 is 14.3 Å². The Labute approximate surface area is 153 Å². The summed E-state index contributed by atoms with van der Waals surface area (Å²) in [6, 6.07) is 5.84. The van der Waals surface area contributed by atoms with E-state index in [4.69, 9.17) is 9.47 Å². The molecule has 1 aliphatic rings. The molecule has 0 amide bonds. The van der Waals surface area contributed by atoms with E-state index in [1.807, 2.05) is 35.2 Å². The largest absolute Gasteiger partial charge is 0.481 e. The van der Waals surface area contributed by atoms with Gasteiger partial charge in [-0.1, -0.05) is 23.8 Å². The lowest BCUT2D eigenvalue weighted by atomic mass is 9.85. The minimum absolute atomic E-state index is 0.127. The number of benzene rings is 1. The maximum absolute atomic E-state index is 11.6. The lowest BCUT2D eigenvalue weighted by Crippen LogP contribution is -2.18. The van der Waals surface area contributed by atoms with Gasteiger partial charge in [0.25, 0.3) is 0 Å². The SMILES string of the molecule is C=CCc1ccc(OCC(=O)OCC)c(-c2cn(CC3CCC3)nn2)c1. The Morgan fingerprint density at radius 2 is 2.27 bits per heavy atom. The van der Waals surface area contributed by atoms with Crippen molar-refractivity contribution in [3.63, 3.8) is 0 Å². The van der Waals surface area contributed by atoms with Crippen LogP contribution in [0.1, 0.15) is 31.7 Å². The Morgan fingerprint density at radius 3 is 2.96 bits per heavy atom. The number of rotatable bonds is 9. The van der Waals surface area contributed by atoms with E-state index in [2.05, 4.69) is 16.9 Å². The highest BCUT2D eigenvalue weighted by molar-refractivity contribution is 5.72. The summed E-state index contributed by atoms with van der Waals surface area (Å²) in [6.07, 6.45) is 8.38. The summed E-state index contributed by atoms with van der Waals surface area (Å²) in [5.74, 6) is 0.917. The van der Waals surface area contributed by atoms with Gasteiger partial charge in [-0.25, -0.2) is 4.79 Å². The second-order valence-corrected chi connectivity index (χ2v) is 6.54. The molecule has 1 fully saturated rings. The molecule has 1 aromatic carbocycles. The average molecular weight is 355 g/mol. The van der Waals surface area contributed by atoms with Crippen LogP contribution in [-0.4, -0.2) is 34.2 Å². The molecule has 0 atom stereocenters. The van der Waals surface area contributed by atoms with Gasteiger partial charge in [0.2, 0.25) is 0 Å². The van der Waals surface area contributed by atoms with E-state index < -0.39 is 0 Å². The van der Waals surface area contributed by atoms with E-state index in [1.165, 1.54) is 19.3 Å². The van der Waals surface area contributed by atoms with Gasteiger partial charge in [-0.2, -0.15) is 0 Å². The van der Waals surface area contributed by atoms with Crippen LogP contribution in [0.4, 0.5) is 0 Å². The van der Waals surface area contributed by atoms with Crippen molar-refractivity contribution in [2.45, 2.75) is 39.2 Å². The highest BCUT2D eigenvalue weighted by Gasteiger charge is 2.19. The molecule has 0 aliphatic heterocycles. The lowest BCUT2D eigenvalue weighted by Gasteiger charge is -2.24. The molecular formula is C20H25N3O3. The fourth-order valence-corrected chi connectivity index (χ4v) is 2.99. The number of hydrogen-bond donors (Lipinski definition) is 0. The number of aromatic nitrogens is 3. The third-order valence-electron chi connectivity index (χ3n) is 4.56. The number of carbonyl (C=O) groups excluding carboxylic acids is 1. The molecule has 0 bridgehead atoms. The predicted molar refractivity (Wildman–Crippen MR) is 98.8 cm³/mol. The Kier molecular flexibility index (Phi) is 6.04. The molecule has 0 spiro atoms. The van der Waals surface area contributed by atoms with Crippen LogP contribution < -0.4 is 4.74 Å². The number of ether oxygens (including phenoxy) is 2. The third kappa shape index (κ3) is 4.50. The van der Waals surface area contributed by atoms with E-state index >= 15 is 0 Å². The zero-order valence-electron chi connectivity index (χ0n) is 15.2. The van der Waals surface area contributed by atoms with Gasteiger partial charge >= 0.3 is 5.97 Å². The van der Waals surface area contributed by atoms with Gasteiger partial charge in [0.05, 0.1) is 12.8 Å². The minimum Gasteiger partial charge on any atom is -0.481 e. The van der Waals surface area contributed by atoms with Crippen molar-refractivity contribution >= 4 is 5.97 Å². The summed E-state index contributed by atoms with van der Waals surface area (Å²) in [5, 5.41) is 8.57. The molecule has 0 saturated heterocycles. The van der Waals surface area contributed by atoms with Crippen LogP contribution in [0.25, 0.3) is 11.3 Å². The topological polar surface area (TPSA) is 66.2 Å². The summed E-state index contributed by atoms with van der Waals surface area (Å²) in [4.78, 5) is 11.6. The van der Waals surface area contributed by atoms with Gasteiger partial charge in [0.15, 0.2) is 6.61 Å². The highest BCUT2D eigenvalue weighted by Crippen LogP contribution is 2.31. The molecule has 1 aromatic heterocycles. The lowest BCUT2D eigenvalue weighted by molar-refractivity contribution is -0.145. The van der Waals surface area contributed by atoms with Crippen LogP contribution in [0.15, 0.2) is 37.1 Å². The molecule has 1 aliphatic carbocycles. The molecule has 6 nitrogen and oxygen atoms in total. The maximum Gasteiger partial charge on any atom is 0.344 e. The van der Waals surface area contributed by atoms with Crippen LogP contribution in [0.2, 0.25) is 0 Å². The predicted octanol–water partition coefficient (Wildman–Crippen LogP) is 3.42. The third-order valence-corrected chi connectivity index (χ3v) is 4.56. The summed E-state index contributed by atoms with van der Waals surface area (Å²) in [6.45, 7) is 6.67. The Hall–Kier alpha value is -2.63. The van der Waals surface area contributed by atoms with E-state index in [9.17, 15) is 4.79 Å². The van der Waals surface area contributed by atoms with Gasteiger partial charge in [0, 0.05) is 12.1 Å². The highest BCUT2D eigenvalue weighted by atomic mass is 16.6. The molecule has 1 saturated carbocycles. The van der Waals surface area contributed by atoms with Gasteiger partial charge in [-0.15, -0.1) is 11.7 Å². The maximum atomic E-state index is 11.6. The smallest absolute Gasteiger partial charge is 0.344 e. The van der Waals surface area contributed by atoms with Crippen LogP contribution >= 0.6 is 0 Å². The van der Waals surface area contributed by atoms with Crippen molar-refractivity contribution in [2.75, 3.05) is 13.2 Å². The Morgan fingerprint density at radius 1 is 1.42 bits per heavy atom. The summed E-state index contributed by atoms with van der Waals surface area (Å²) >= 11 is 0. The minimum atomic E-state index is -0.387. The first-order valence-electron chi connectivity index (χ1n) is 9.12. The van der Waals surface area contributed by atoms with Crippen molar-refractivity contribution in [1.82, 2.24) is 15.0 Å². The van der Waals surface area contributed by atoms with E-state index in [1.54, 1.807) is 6.92 Å². The van der Waals surface area contributed by atoms with Crippen molar-refractivity contribution in [2.24, 2.45) is 5.92 Å². The van der Waals surface area contributed by atoms with Crippen LogP contribution in [-0.2, 0) is 22.5 Å². The summed E-state index contributed by atoms with van der Waals surface area (Å²) in [7, 11) is 0. The van der Waals surface area contributed by atoms with Gasteiger partial charge < -0.3 is 9.47 Å². The molecule has 26 heavy (non-hydrogen) atoms. The Bertz CT molecular complexity index is 765. The molecule has 1 heterocycles. The molecule has 3 rings (SSSR count). The van der Waals surface area contributed by atoms with Gasteiger partial charge in [0.1, 0.15) is 11.4 Å². The molecular weight excluding hydrogens is 330 g/mol. The first-order chi connectivity index (χ1) is 12.7. The first-order valence-corrected chi connectivity index (χ1v) is 9.12. The van der Waals surface area contributed by atoms with Gasteiger partial charge in [-0.05, 0) is 49.8 Å². The van der Waals surface area contributed by atoms with Crippen LogP contribution in [0.3, 0.4) is 0 Å². The number of allylic oxidation sites excluding steroid dienone is 1. The van der Waals surface area contributed by atoms with Crippen LogP contribution in [0, 0.1) is 5.92 Å². The number of hydrogen-bond acceptors (Lipinski definition) is 5. The molecule has 0 radical (unpaired) electrons. The van der Waals surface area contributed by atoms with Crippen molar-refractivity contribution in [3.05, 3.63) is 42.6 Å². The molecule has 0 unspecified atom stereocenters. The summed E-state index contributed by atoms with van der Waals surface area (Å²) < 4.78 is 12.5. The normalized spacial score (nSPS) is 13.9. The molecule has 6 heteroatoms. The first kappa shape index (κ1) is 18.2. The van der Waals surface area contributed by atoms with Crippen LogP contribution in [0.5, 0.6) is 5.75 Å². The zero-order chi connectivity index (χ0) is 18.4. The monoisotopic (exact) mass is 355 g/mol. The molecule has 2 aromatic rings. The Balaban J connectivity index is 1.80. The second kappa shape index (κ2) is 8.65. The molecule has 138 valence electrons. The number of esters is 1. The standard InChI is InChI=1S/C20H25N3O3/c1-3-6-15-9-10-19(26-14-20(24)25-4-2)17(11-15)18-13-23(22-21-18)12-16-7-5-8-16/h3,9-11,13,16H,1,4-8,12,14H2,2H3. The fraction of sp³-hybridized carbons (Fsp3) is 0.450.